The zero-order chi connectivity index (χ0) is 15.2. The van der Waals surface area contributed by atoms with Crippen molar-refractivity contribution in [2.24, 2.45) is 0 Å². The lowest BCUT2D eigenvalue weighted by Gasteiger charge is -2.10. The predicted octanol–water partition coefficient (Wildman–Crippen LogP) is 3.64. The van der Waals surface area contributed by atoms with Crippen molar-refractivity contribution >= 4 is 28.9 Å². The number of nitrogens with one attached hydrogen (secondary N) is 1. The van der Waals surface area contributed by atoms with Crippen LogP contribution in [0.3, 0.4) is 0 Å². The Labute approximate surface area is 128 Å². The van der Waals surface area contributed by atoms with Crippen molar-refractivity contribution in [1.29, 1.82) is 0 Å². The third-order valence-electron chi connectivity index (χ3n) is 3.04. The molecule has 2 aromatic carbocycles. The molecule has 0 saturated heterocycles. The molecule has 0 bridgehead atoms. The third kappa shape index (κ3) is 4.39. The van der Waals surface area contributed by atoms with E-state index in [2.05, 4.69) is 5.32 Å². The van der Waals surface area contributed by atoms with Crippen LogP contribution in [0.5, 0.6) is 5.75 Å². The molecule has 0 aliphatic heterocycles. The highest BCUT2D eigenvalue weighted by Crippen LogP contribution is 2.21. The summed E-state index contributed by atoms with van der Waals surface area (Å²) in [7, 11) is 0. The molecule has 0 aromatic heterocycles. The minimum atomic E-state index is -0.120. The number of amides is 1. The Morgan fingerprint density at radius 1 is 1.29 bits per heavy atom. The van der Waals surface area contributed by atoms with E-state index >= 15 is 0 Å². The van der Waals surface area contributed by atoms with Crippen molar-refractivity contribution in [2.75, 3.05) is 17.7 Å². The van der Waals surface area contributed by atoms with Crippen LogP contribution >= 0.6 is 11.6 Å². The van der Waals surface area contributed by atoms with Gasteiger partial charge in [-0.3, -0.25) is 4.79 Å². The van der Waals surface area contributed by atoms with Gasteiger partial charge in [-0.25, -0.2) is 0 Å². The summed E-state index contributed by atoms with van der Waals surface area (Å²) >= 11 is 5.85. The maximum absolute atomic E-state index is 11.9. The third-order valence-corrected chi connectivity index (χ3v) is 3.28. The maximum atomic E-state index is 11.9. The van der Waals surface area contributed by atoms with Crippen LogP contribution in [-0.4, -0.2) is 12.5 Å². The zero-order valence-electron chi connectivity index (χ0n) is 11.7. The Morgan fingerprint density at radius 3 is 2.81 bits per heavy atom. The summed E-state index contributed by atoms with van der Waals surface area (Å²) in [6.07, 6.45) is 0.251. The van der Waals surface area contributed by atoms with E-state index in [4.69, 9.17) is 22.1 Å². The van der Waals surface area contributed by atoms with Crippen molar-refractivity contribution in [3.05, 3.63) is 53.1 Å². The van der Waals surface area contributed by atoms with Gasteiger partial charge in [-0.2, -0.15) is 0 Å². The normalized spacial score (nSPS) is 10.2. The molecular weight excluding hydrogens is 288 g/mol. The van der Waals surface area contributed by atoms with E-state index in [1.54, 1.807) is 36.4 Å². The van der Waals surface area contributed by atoms with Gasteiger partial charge in [-0.1, -0.05) is 23.7 Å². The van der Waals surface area contributed by atoms with Gasteiger partial charge in [-0.15, -0.1) is 0 Å². The first-order valence-corrected chi connectivity index (χ1v) is 6.97. The van der Waals surface area contributed by atoms with Crippen LogP contribution in [0.1, 0.15) is 12.0 Å². The van der Waals surface area contributed by atoms with Gasteiger partial charge in [0.05, 0.1) is 13.0 Å². The summed E-state index contributed by atoms with van der Waals surface area (Å²) in [6, 6.07) is 12.5. The fraction of sp³-hybridized carbons (Fsp3) is 0.188. The van der Waals surface area contributed by atoms with E-state index in [0.717, 1.165) is 11.3 Å². The lowest BCUT2D eigenvalue weighted by Crippen LogP contribution is -2.16. The van der Waals surface area contributed by atoms with E-state index in [-0.39, 0.29) is 18.9 Å². The number of halogens is 1. The first-order valence-electron chi connectivity index (χ1n) is 6.59. The quantitative estimate of drug-likeness (QED) is 0.829. The SMILES string of the molecule is Cc1c(N)cccc1NC(=O)CCOc1cccc(Cl)c1. The molecule has 0 heterocycles. The second-order valence-corrected chi connectivity index (χ2v) is 5.06. The van der Waals surface area contributed by atoms with Crippen LogP contribution in [0.15, 0.2) is 42.5 Å². The summed E-state index contributed by atoms with van der Waals surface area (Å²) in [5.41, 5.74) is 8.04. The molecule has 0 atom stereocenters. The van der Waals surface area contributed by atoms with Crippen molar-refractivity contribution in [3.8, 4) is 5.75 Å². The van der Waals surface area contributed by atoms with Crippen molar-refractivity contribution in [1.82, 2.24) is 0 Å². The predicted molar refractivity (Wildman–Crippen MR) is 85.8 cm³/mol. The summed E-state index contributed by atoms with van der Waals surface area (Å²) in [6.45, 7) is 2.15. The summed E-state index contributed by atoms with van der Waals surface area (Å²) < 4.78 is 5.48. The lowest BCUT2D eigenvalue weighted by atomic mass is 10.1. The van der Waals surface area contributed by atoms with E-state index < -0.39 is 0 Å². The lowest BCUT2D eigenvalue weighted by molar-refractivity contribution is -0.116. The Hall–Kier alpha value is -2.20. The number of ether oxygens (including phenoxy) is 1. The number of nitrogens with two attached hydrogens (primary N) is 1. The molecule has 2 aromatic rings. The number of hydrogen-bond acceptors (Lipinski definition) is 3. The average Bonchev–Trinajstić information content (AvgIpc) is 2.44. The van der Waals surface area contributed by atoms with Crippen LogP contribution in [0.4, 0.5) is 11.4 Å². The van der Waals surface area contributed by atoms with Crippen LogP contribution < -0.4 is 15.8 Å². The van der Waals surface area contributed by atoms with Gasteiger partial charge in [-0.05, 0) is 42.8 Å². The van der Waals surface area contributed by atoms with E-state index in [9.17, 15) is 4.79 Å². The number of rotatable bonds is 5. The monoisotopic (exact) mass is 304 g/mol. The molecule has 110 valence electrons. The topological polar surface area (TPSA) is 64.3 Å². The van der Waals surface area contributed by atoms with Gasteiger partial charge in [0.1, 0.15) is 5.75 Å². The maximum Gasteiger partial charge on any atom is 0.227 e. The van der Waals surface area contributed by atoms with Crippen LogP contribution in [-0.2, 0) is 4.79 Å². The van der Waals surface area contributed by atoms with Crippen LogP contribution in [0, 0.1) is 6.92 Å². The molecule has 0 unspecified atom stereocenters. The van der Waals surface area contributed by atoms with Gasteiger partial charge in [0.25, 0.3) is 0 Å². The molecule has 4 nitrogen and oxygen atoms in total. The fourth-order valence-electron chi connectivity index (χ4n) is 1.82. The Bertz CT molecular complexity index is 644. The Balaban J connectivity index is 1.84. The van der Waals surface area contributed by atoms with Crippen molar-refractivity contribution in [2.45, 2.75) is 13.3 Å². The molecule has 1 amide bonds. The van der Waals surface area contributed by atoms with Crippen molar-refractivity contribution in [3.63, 3.8) is 0 Å². The first kappa shape index (κ1) is 15.2. The van der Waals surface area contributed by atoms with E-state index in [1.807, 2.05) is 13.0 Å². The highest BCUT2D eigenvalue weighted by molar-refractivity contribution is 6.30. The molecular formula is C16H17ClN2O2. The molecule has 5 heteroatoms. The number of nitrogen functional groups attached to an aromatic ring is 1. The highest BCUT2D eigenvalue weighted by atomic mass is 35.5. The smallest absolute Gasteiger partial charge is 0.227 e. The van der Waals surface area contributed by atoms with Gasteiger partial charge in [0, 0.05) is 16.4 Å². The molecule has 2 rings (SSSR count). The van der Waals surface area contributed by atoms with Gasteiger partial charge < -0.3 is 15.8 Å². The second kappa shape index (κ2) is 6.99. The van der Waals surface area contributed by atoms with Crippen LogP contribution in [0.2, 0.25) is 5.02 Å². The minimum Gasteiger partial charge on any atom is -0.493 e. The number of anilines is 2. The Morgan fingerprint density at radius 2 is 2.05 bits per heavy atom. The molecule has 0 aliphatic rings. The summed E-state index contributed by atoms with van der Waals surface area (Å²) in [4.78, 5) is 11.9. The molecule has 3 N–H and O–H groups in total. The van der Waals surface area contributed by atoms with Crippen LogP contribution in [0.25, 0.3) is 0 Å². The number of carbonyl (C=O) groups excluding carboxylic acids is 1. The Kier molecular flexibility index (Phi) is 5.06. The second-order valence-electron chi connectivity index (χ2n) is 4.62. The number of benzene rings is 2. The molecule has 0 spiro atoms. The van der Waals surface area contributed by atoms with Gasteiger partial charge >= 0.3 is 0 Å². The average molecular weight is 305 g/mol. The fourth-order valence-corrected chi connectivity index (χ4v) is 2.00. The zero-order valence-corrected chi connectivity index (χ0v) is 12.5. The largest absolute Gasteiger partial charge is 0.493 e. The summed E-state index contributed by atoms with van der Waals surface area (Å²) in [5.74, 6) is 0.529. The first-order chi connectivity index (χ1) is 10.1. The molecule has 0 fully saturated rings. The minimum absolute atomic E-state index is 0.120. The standard InChI is InChI=1S/C16H17ClN2O2/c1-11-14(18)6-3-7-15(11)19-16(20)8-9-21-13-5-2-4-12(17)10-13/h2-7,10H,8-9,18H2,1H3,(H,19,20). The molecule has 0 radical (unpaired) electrons. The molecule has 0 saturated carbocycles. The van der Waals surface area contributed by atoms with Gasteiger partial charge in [0.15, 0.2) is 0 Å². The summed E-state index contributed by atoms with van der Waals surface area (Å²) in [5, 5.41) is 3.43. The van der Waals surface area contributed by atoms with Crippen molar-refractivity contribution < 1.29 is 9.53 Å². The highest BCUT2D eigenvalue weighted by Gasteiger charge is 2.06. The van der Waals surface area contributed by atoms with E-state index in [0.29, 0.717) is 16.5 Å². The van der Waals surface area contributed by atoms with Gasteiger partial charge in [0.2, 0.25) is 5.91 Å². The number of hydrogen-bond donors (Lipinski definition) is 2. The van der Waals surface area contributed by atoms with E-state index in [1.165, 1.54) is 0 Å². The number of carbonyl (C=O) groups is 1. The molecule has 21 heavy (non-hydrogen) atoms. The molecule has 0 aliphatic carbocycles.